The fourth-order valence-electron chi connectivity index (χ4n) is 4.15. The lowest BCUT2D eigenvalue weighted by Crippen LogP contribution is -2.42. The molecule has 0 spiro atoms. The van der Waals surface area contributed by atoms with E-state index in [1.54, 1.807) is 82.4 Å². The number of anilines is 1. The SMILES string of the molecule is COC(=O)[C@H](CCC(=O)OC(C)(C)C)NC(=O)c1c[nH]c(-c2cc(Oc3cccc(NC(=O)c4occc4C)c3)ccn2)c1. The molecule has 0 bridgehead atoms. The van der Waals surface area contributed by atoms with E-state index in [1.807, 2.05) is 0 Å². The number of esters is 2. The summed E-state index contributed by atoms with van der Waals surface area (Å²) in [6.45, 7) is 7.02. The Labute approximate surface area is 254 Å². The molecule has 0 saturated heterocycles. The number of rotatable bonds is 11. The molecule has 1 atom stereocenters. The summed E-state index contributed by atoms with van der Waals surface area (Å²) in [4.78, 5) is 57.2. The quantitative estimate of drug-likeness (QED) is 0.190. The van der Waals surface area contributed by atoms with Gasteiger partial charge in [0.2, 0.25) is 0 Å². The third-order valence-electron chi connectivity index (χ3n) is 6.20. The Bertz CT molecular complexity index is 1650. The zero-order valence-corrected chi connectivity index (χ0v) is 25.1. The van der Waals surface area contributed by atoms with Crippen molar-refractivity contribution in [3.63, 3.8) is 0 Å². The van der Waals surface area contributed by atoms with E-state index in [0.717, 1.165) is 5.56 Å². The number of amides is 2. The summed E-state index contributed by atoms with van der Waals surface area (Å²) in [5.74, 6) is -0.902. The van der Waals surface area contributed by atoms with E-state index in [4.69, 9.17) is 18.6 Å². The van der Waals surface area contributed by atoms with Crippen LogP contribution in [0.4, 0.5) is 5.69 Å². The van der Waals surface area contributed by atoms with E-state index in [9.17, 15) is 19.2 Å². The average Bonchev–Trinajstić information content (AvgIpc) is 3.64. The van der Waals surface area contributed by atoms with Crippen molar-refractivity contribution in [3.05, 3.63) is 84.1 Å². The van der Waals surface area contributed by atoms with Gasteiger partial charge >= 0.3 is 11.9 Å². The van der Waals surface area contributed by atoms with E-state index in [2.05, 4.69) is 20.6 Å². The van der Waals surface area contributed by atoms with Crippen LogP contribution in [0.15, 0.2) is 71.6 Å². The molecule has 0 aliphatic rings. The van der Waals surface area contributed by atoms with Crippen molar-refractivity contribution in [2.75, 3.05) is 12.4 Å². The summed E-state index contributed by atoms with van der Waals surface area (Å²) in [6.07, 6.45) is 4.43. The first-order chi connectivity index (χ1) is 20.9. The van der Waals surface area contributed by atoms with Crippen LogP contribution in [0.2, 0.25) is 0 Å². The van der Waals surface area contributed by atoms with Gasteiger partial charge in [-0.3, -0.25) is 19.4 Å². The van der Waals surface area contributed by atoms with Crippen LogP contribution in [0.1, 0.15) is 60.1 Å². The number of nitrogens with one attached hydrogen (secondary N) is 3. The molecule has 0 fully saturated rings. The highest BCUT2D eigenvalue weighted by Crippen LogP contribution is 2.28. The van der Waals surface area contributed by atoms with Crippen LogP contribution in [0.3, 0.4) is 0 Å². The first-order valence-corrected chi connectivity index (χ1v) is 13.8. The Morgan fingerprint density at radius 3 is 2.50 bits per heavy atom. The monoisotopic (exact) mass is 602 g/mol. The highest BCUT2D eigenvalue weighted by molar-refractivity contribution is 6.03. The molecule has 12 heteroatoms. The number of nitrogens with zero attached hydrogens (tertiary/aromatic N) is 1. The van der Waals surface area contributed by atoms with E-state index < -0.39 is 29.5 Å². The van der Waals surface area contributed by atoms with Crippen molar-refractivity contribution >= 4 is 29.4 Å². The van der Waals surface area contributed by atoms with Crippen molar-refractivity contribution < 1.29 is 37.8 Å². The van der Waals surface area contributed by atoms with Gasteiger partial charge in [0.1, 0.15) is 23.1 Å². The molecule has 12 nitrogen and oxygen atoms in total. The third-order valence-corrected chi connectivity index (χ3v) is 6.20. The molecule has 3 aromatic heterocycles. The van der Waals surface area contributed by atoms with Gasteiger partial charge < -0.3 is 34.2 Å². The largest absolute Gasteiger partial charge is 0.467 e. The van der Waals surface area contributed by atoms with Crippen LogP contribution in [0.25, 0.3) is 11.4 Å². The Hall–Kier alpha value is -5.39. The second kappa shape index (κ2) is 13.7. The maximum absolute atomic E-state index is 13.0. The number of aromatic amines is 1. The lowest BCUT2D eigenvalue weighted by molar-refractivity contribution is -0.155. The predicted octanol–water partition coefficient (Wildman–Crippen LogP) is 5.42. The number of carbonyl (C=O) groups is 4. The molecule has 0 aliphatic carbocycles. The number of hydrogen-bond acceptors (Lipinski definition) is 9. The third kappa shape index (κ3) is 8.57. The Morgan fingerprint density at radius 1 is 1.02 bits per heavy atom. The van der Waals surface area contributed by atoms with Crippen LogP contribution in [0, 0.1) is 6.92 Å². The molecule has 3 N–H and O–H groups in total. The number of carbonyl (C=O) groups excluding carboxylic acids is 4. The molecule has 3 heterocycles. The highest BCUT2D eigenvalue weighted by atomic mass is 16.6. The van der Waals surface area contributed by atoms with Gasteiger partial charge in [-0.15, -0.1) is 0 Å². The van der Waals surface area contributed by atoms with Crippen molar-refractivity contribution in [2.45, 2.75) is 52.2 Å². The molecule has 1 aromatic carbocycles. The average molecular weight is 603 g/mol. The van der Waals surface area contributed by atoms with Crippen molar-refractivity contribution in [3.8, 4) is 22.9 Å². The summed E-state index contributed by atoms with van der Waals surface area (Å²) in [5, 5.41) is 5.41. The fraction of sp³-hybridized carbons (Fsp3) is 0.281. The summed E-state index contributed by atoms with van der Waals surface area (Å²) >= 11 is 0. The molecule has 4 aromatic rings. The fourth-order valence-corrected chi connectivity index (χ4v) is 4.15. The number of pyridine rings is 1. The van der Waals surface area contributed by atoms with Gasteiger partial charge in [0, 0.05) is 42.2 Å². The predicted molar refractivity (Wildman–Crippen MR) is 160 cm³/mol. The molecule has 0 saturated carbocycles. The standard InChI is InChI=1S/C32H34N4O8/c1-19-12-14-42-28(19)30(39)35-21-7-6-8-22(16-21)43-23-11-13-33-26(17-23)25-15-20(18-34-25)29(38)36-24(31(40)41-5)9-10-27(37)44-32(2,3)4/h6-8,11-18,24,34H,9-10H2,1-5H3,(H,35,39)(H,36,38)/t24-/m0/s1. The minimum atomic E-state index is -1.04. The van der Waals surface area contributed by atoms with Crippen LogP contribution in [0.5, 0.6) is 11.5 Å². The molecule has 0 aliphatic heterocycles. The van der Waals surface area contributed by atoms with Gasteiger partial charge in [-0.1, -0.05) is 6.07 Å². The van der Waals surface area contributed by atoms with Gasteiger partial charge in [-0.2, -0.15) is 0 Å². The molecular formula is C32H34N4O8. The molecule has 4 rings (SSSR count). The zero-order chi connectivity index (χ0) is 31.9. The summed E-state index contributed by atoms with van der Waals surface area (Å²) in [7, 11) is 1.21. The highest BCUT2D eigenvalue weighted by Gasteiger charge is 2.25. The number of aryl methyl sites for hydroxylation is 1. The number of methoxy groups -OCH3 is 1. The maximum Gasteiger partial charge on any atom is 0.328 e. The number of H-pyrrole nitrogens is 1. The summed E-state index contributed by atoms with van der Waals surface area (Å²) in [5.41, 5.74) is 1.85. The summed E-state index contributed by atoms with van der Waals surface area (Å²) < 4.78 is 21.3. The van der Waals surface area contributed by atoms with Gasteiger partial charge in [-0.05, 0) is 64.4 Å². The topological polar surface area (TPSA) is 162 Å². The maximum atomic E-state index is 13.0. The Morgan fingerprint density at radius 2 is 1.80 bits per heavy atom. The number of furan rings is 1. The van der Waals surface area contributed by atoms with Gasteiger partial charge in [0.15, 0.2) is 5.76 Å². The lowest BCUT2D eigenvalue weighted by atomic mass is 10.1. The normalized spacial score (nSPS) is 11.8. The van der Waals surface area contributed by atoms with E-state index in [-0.39, 0.29) is 30.1 Å². The Balaban J connectivity index is 1.40. The molecule has 2 amide bonds. The molecule has 0 unspecified atom stereocenters. The van der Waals surface area contributed by atoms with E-state index in [0.29, 0.717) is 28.6 Å². The molecule has 44 heavy (non-hydrogen) atoms. The first kappa shape index (κ1) is 31.5. The van der Waals surface area contributed by atoms with Crippen molar-refractivity contribution in [2.24, 2.45) is 0 Å². The van der Waals surface area contributed by atoms with Gasteiger partial charge in [0.05, 0.1) is 30.3 Å². The van der Waals surface area contributed by atoms with Crippen LogP contribution >= 0.6 is 0 Å². The van der Waals surface area contributed by atoms with E-state index in [1.165, 1.54) is 19.6 Å². The summed E-state index contributed by atoms with van der Waals surface area (Å²) in [6, 6.07) is 12.5. The van der Waals surface area contributed by atoms with Crippen molar-refractivity contribution in [1.29, 1.82) is 0 Å². The zero-order valence-electron chi connectivity index (χ0n) is 25.1. The van der Waals surface area contributed by atoms with Gasteiger partial charge in [-0.25, -0.2) is 4.79 Å². The molecular weight excluding hydrogens is 568 g/mol. The lowest BCUT2D eigenvalue weighted by Gasteiger charge is -2.21. The second-order valence-electron chi connectivity index (χ2n) is 10.9. The Kier molecular flexibility index (Phi) is 9.84. The minimum Gasteiger partial charge on any atom is -0.467 e. The van der Waals surface area contributed by atoms with E-state index >= 15 is 0 Å². The number of benzene rings is 1. The first-order valence-electron chi connectivity index (χ1n) is 13.8. The minimum absolute atomic E-state index is 0.0128. The number of aromatic nitrogens is 2. The molecule has 230 valence electrons. The van der Waals surface area contributed by atoms with Crippen LogP contribution < -0.4 is 15.4 Å². The van der Waals surface area contributed by atoms with Crippen LogP contribution in [-0.2, 0) is 19.1 Å². The smallest absolute Gasteiger partial charge is 0.328 e. The molecule has 0 radical (unpaired) electrons. The van der Waals surface area contributed by atoms with Crippen LogP contribution in [-0.4, -0.2) is 52.5 Å². The number of ether oxygens (including phenoxy) is 3. The second-order valence-corrected chi connectivity index (χ2v) is 10.9. The number of hydrogen-bond donors (Lipinski definition) is 3. The van der Waals surface area contributed by atoms with Gasteiger partial charge in [0.25, 0.3) is 11.8 Å². The van der Waals surface area contributed by atoms with Crippen molar-refractivity contribution in [1.82, 2.24) is 15.3 Å².